The van der Waals surface area contributed by atoms with E-state index in [-0.39, 0.29) is 30.6 Å². The van der Waals surface area contributed by atoms with Crippen molar-refractivity contribution in [3.05, 3.63) is 35.9 Å². The Labute approximate surface area is 120 Å². The van der Waals surface area contributed by atoms with Crippen LogP contribution in [0.5, 0.6) is 0 Å². The highest BCUT2D eigenvalue weighted by Crippen LogP contribution is 2.25. The molecular weight excluding hydrogens is 254 g/mol. The highest BCUT2D eigenvalue weighted by atomic mass is 16.5. The van der Waals surface area contributed by atoms with Crippen LogP contribution < -0.4 is 5.73 Å². The first kappa shape index (κ1) is 15.0. The van der Waals surface area contributed by atoms with Gasteiger partial charge in [-0.25, -0.2) is 0 Å². The normalized spacial score (nSPS) is 24.1. The molecule has 1 aromatic carbocycles. The van der Waals surface area contributed by atoms with Crippen molar-refractivity contribution in [2.24, 2.45) is 5.73 Å². The van der Waals surface area contributed by atoms with Gasteiger partial charge >= 0.3 is 5.97 Å². The number of hydrogen-bond acceptors (Lipinski definition) is 4. The molecule has 1 fully saturated rings. The third kappa shape index (κ3) is 3.81. The van der Waals surface area contributed by atoms with Gasteiger partial charge in [0.05, 0.1) is 12.0 Å². The Morgan fingerprint density at radius 1 is 1.30 bits per heavy atom. The number of benzene rings is 1. The van der Waals surface area contributed by atoms with Crippen molar-refractivity contribution in [1.82, 2.24) is 0 Å². The van der Waals surface area contributed by atoms with Gasteiger partial charge in [-0.2, -0.15) is 0 Å². The van der Waals surface area contributed by atoms with Crippen LogP contribution in [0.25, 0.3) is 0 Å². The molecule has 0 spiro atoms. The maximum Gasteiger partial charge on any atom is 0.314 e. The van der Waals surface area contributed by atoms with Crippen LogP contribution in [0, 0.1) is 0 Å². The quantitative estimate of drug-likeness (QED) is 0.838. The molecule has 1 saturated carbocycles. The minimum Gasteiger partial charge on any atom is -0.462 e. The Bertz CT molecular complexity index is 421. The molecule has 2 rings (SSSR count). The summed E-state index contributed by atoms with van der Waals surface area (Å²) in [6.07, 6.45) is 3.94. The van der Waals surface area contributed by atoms with Crippen molar-refractivity contribution in [2.75, 3.05) is 13.7 Å². The zero-order chi connectivity index (χ0) is 14.4. The van der Waals surface area contributed by atoms with E-state index in [1.54, 1.807) is 7.11 Å². The molecule has 1 aromatic rings. The van der Waals surface area contributed by atoms with E-state index < -0.39 is 0 Å². The van der Waals surface area contributed by atoms with E-state index in [1.807, 2.05) is 30.3 Å². The van der Waals surface area contributed by atoms with Crippen molar-refractivity contribution < 1.29 is 14.3 Å². The van der Waals surface area contributed by atoms with Crippen molar-refractivity contribution in [3.8, 4) is 0 Å². The average Bonchev–Trinajstić information content (AvgIpc) is 2.49. The minimum absolute atomic E-state index is 0.0426. The standard InChI is InChI=1S/C16H23NO3/c1-19-13-8-5-9-14(10-13)20-16(18)15(11-17)12-6-3-2-4-7-12/h2-4,6-7,13-15H,5,8-11,17H2,1H3. The third-order valence-electron chi connectivity index (χ3n) is 3.92. The number of rotatable bonds is 5. The predicted octanol–water partition coefficient (Wildman–Crippen LogP) is 2.23. The summed E-state index contributed by atoms with van der Waals surface area (Å²) in [5.74, 6) is -0.598. The molecule has 0 aromatic heterocycles. The second-order valence-electron chi connectivity index (χ2n) is 5.28. The van der Waals surface area contributed by atoms with Crippen LogP contribution in [0.15, 0.2) is 30.3 Å². The Hall–Kier alpha value is -1.39. The molecule has 0 heterocycles. The maximum absolute atomic E-state index is 12.3. The van der Waals surface area contributed by atoms with E-state index in [4.69, 9.17) is 15.2 Å². The first-order valence-electron chi connectivity index (χ1n) is 7.23. The summed E-state index contributed by atoms with van der Waals surface area (Å²) in [5, 5.41) is 0. The molecule has 110 valence electrons. The molecule has 3 atom stereocenters. The number of hydrogen-bond donors (Lipinski definition) is 1. The van der Waals surface area contributed by atoms with E-state index in [9.17, 15) is 4.79 Å². The molecule has 0 amide bonds. The zero-order valence-corrected chi connectivity index (χ0v) is 12.0. The maximum atomic E-state index is 12.3. The van der Waals surface area contributed by atoms with Gasteiger partial charge in [-0.3, -0.25) is 4.79 Å². The molecule has 2 N–H and O–H groups in total. The number of esters is 1. The molecule has 1 aliphatic carbocycles. The lowest BCUT2D eigenvalue weighted by Crippen LogP contribution is -2.32. The lowest BCUT2D eigenvalue weighted by molar-refractivity contribution is -0.154. The van der Waals surface area contributed by atoms with Gasteiger partial charge in [0.2, 0.25) is 0 Å². The fourth-order valence-electron chi connectivity index (χ4n) is 2.72. The predicted molar refractivity (Wildman–Crippen MR) is 77.4 cm³/mol. The molecule has 4 heteroatoms. The molecule has 4 nitrogen and oxygen atoms in total. The van der Waals surface area contributed by atoms with Gasteiger partial charge in [0.1, 0.15) is 6.10 Å². The van der Waals surface area contributed by atoms with Crippen molar-refractivity contribution in [2.45, 2.75) is 43.8 Å². The molecule has 20 heavy (non-hydrogen) atoms. The van der Waals surface area contributed by atoms with Gasteiger partial charge in [0.15, 0.2) is 0 Å². The van der Waals surface area contributed by atoms with Crippen molar-refractivity contribution in [3.63, 3.8) is 0 Å². The van der Waals surface area contributed by atoms with Crippen LogP contribution in [0.1, 0.15) is 37.2 Å². The summed E-state index contributed by atoms with van der Waals surface area (Å²) in [6, 6.07) is 9.57. The van der Waals surface area contributed by atoms with E-state index in [1.165, 1.54) is 0 Å². The van der Waals surface area contributed by atoms with Gasteiger partial charge in [0, 0.05) is 20.1 Å². The van der Waals surface area contributed by atoms with Gasteiger partial charge in [-0.15, -0.1) is 0 Å². The third-order valence-corrected chi connectivity index (χ3v) is 3.92. The average molecular weight is 277 g/mol. The molecule has 0 aliphatic heterocycles. The summed E-state index contributed by atoms with van der Waals surface area (Å²) >= 11 is 0. The molecular formula is C16H23NO3. The fraction of sp³-hybridized carbons (Fsp3) is 0.562. The summed E-state index contributed by atoms with van der Waals surface area (Å²) in [6.45, 7) is 0.267. The number of carbonyl (C=O) groups is 1. The smallest absolute Gasteiger partial charge is 0.314 e. The van der Waals surface area contributed by atoms with Gasteiger partial charge in [-0.1, -0.05) is 30.3 Å². The lowest BCUT2D eigenvalue weighted by atomic mass is 9.94. The monoisotopic (exact) mass is 277 g/mol. The van der Waals surface area contributed by atoms with Crippen LogP contribution in [0.3, 0.4) is 0 Å². The summed E-state index contributed by atoms with van der Waals surface area (Å²) in [7, 11) is 1.71. The summed E-state index contributed by atoms with van der Waals surface area (Å²) in [5.41, 5.74) is 6.65. The molecule has 0 bridgehead atoms. The number of nitrogens with two attached hydrogens (primary N) is 1. The van der Waals surface area contributed by atoms with Crippen molar-refractivity contribution >= 4 is 5.97 Å². The molecule has 3 unspecified atom stereocenters. The number of ether oxygens (including phenoxy) is 2. The zero-order valence-electron chi connectivity index (χ0n) is 12.0. The van der Waals surface area contributed by atoms with Crippen LogP contribution in [0.2, 0.25) is 0 Å². The summed E-state index contributed by atoms with van der Waals surface area (Å²) < 4.78 is 11.0. The molecule has 1 aliphatic rings. The fourth-order valence-corrected chi connectivity index (χ4v) is 2.72. The largest absolute Gasteiger partial charge is 0.462 e. The molecule has 0 radical (unpaired) electrons. The first-order chi connectivity index (χ1) is 9.74. The van der Waals surface area contributed by atoms with E-state index in [0.29, 0.717) is 0 Å². The second kappa shape index (κ2) is 7.41. The van der Waals surface area contributed by atoms with Gasteiger partial charge < -0.3 is 15.2 Å². The topological polar surface area (TPSA) is 61.5 Å². The van der Waals surface area contributed by atoms with E-state index in [0.717, 1.165) is 31.2 Å². The second-order valence-corrected chi connectivity index (χ2v) is 5.28. The Balaban J connectivity index is 1.96. The Morgan fingerprint density at radius 3 is 2.65 bits per heavy atom. The minimum atomic E-state index is -0.376. The van der Waals surface area contributed by atoms with Crippen LogP contribution in [0.4, 0.5) is 0 Å². The Kier molecular flexibility index (Phi) is 5.56. The number of carbonyl (C=O) groups excluding carboxylic acids is 1. The SMILES string of the molecule is COC1CCCC(OC(=O)C(CN)c2ccccc2)C1. The van der Waals surface area contributed by atoms with Crippen LogP contribution in [-0.4, -0.2) is 31.8 Å². The van der Waals surface area contributed by atoms with E-state index in [2.05, 4.69) is 0 Å². The van der Waals surface area contributed by atoms with Gasteiger partial charge in [0.25, 0.3) is 0 Å². The number of methoxy groups -OCH3 is 1. The molecule has 0 saturated heterocycles. The van der Waals surface area contributed by atoms with Gasteiger partial charge in [-0.05, 0) is 24.8 Å². The van der Waals surface area contributed by atoms with Crippen LogP contribution in [-0.2, 0) is 14.3 Å². The highest BCUT2D eigenvalue weighted by molar-refractivity contribution is 5.78. The highest BCUT2D eigenvalue weighted by Gasteiger charge is 2.28. The summed E-state index contributed by atoms with van der Waals surface area (Å²) in [4.78, 5) is 12.3. The lowest BCUT2D eigenvalue weighted by Gasteiger charge is -2.29. The van der Waals surface area contributed by atoms with Crippen molar-refractivity contribution in [1.29, 1.82) is 0 Å². The Morgan fingerprint density at radius 2 is 2.00 bits per heavy atom. The van der Waals surface area contributed by atoms with Crippen LogP contribution >= 0.6 is 0 Å². The first-order valence-corrected chi connectivity index (χ1v) is 7.23. The van der Waals surface area contributed by atoms with E-state index >= 15 is 0 Å².